The van der Waals surface area contributed by atoms with Crippen molar-refractivity contribution >= 4 is 33.3 Å². The van der Waals surface area contributed by atoms with E-state index in [9.17, 15) is 19.2 Å². The molecule has 0 spiro atoms. The van der Waals surface area contributed by atoms with Gasteiger partial charge in [0, 0.05) is 10.1 Å². The van der Waals surface area contributed by atoms with Gasteiger partial charge in [-0.3, -0.25) is 4.79 Å². The smallest absolute Gasteiger partial charge is 0.349 e. The lowest BCUT2D eigenvalue weighted by Gasteiger charge is -2.27. The van der Waals surface area contributed by atoms with Gasteiger partial charge in [-0.05, 0) is 37.5 Å². The number of hydrogen-bond donors (Lipinski definition) is 1. The SMILES string of the molecule is Cc1c(C(=O)OCC(=O)N[C@@](C)(C#N)C(C)C)sc2cccc(F)c12. The Kier molecular flexibility index (Phi) is 5.43. The number of fused-ring (bicyclic) bond motifs is 1. The molecule has 1 atom stereocenters. The molecule has 2 aromatic rings. The normalized spacial score (nSPS) is 13.3. The molecule has 2 rings (SSSR count). The number of carbonyl (C=O) groups is 2. The van der Waals surface area contributed by atoms with Crippen molar-refractivity contribution in [1.82, 2.24) is 5.32 Å². The minimum absolute atomic E-state index is 0.107. The number of halogens is 1. The van der Waals surface area contributed by atoms with E-state index in [1.807, 2.05) is 19.9 Å². The van der Waals surface area contributed by atoms with Crippen molar-refractivity contribution in [3.63, 3.8) is 0 Å². The molecule has 0 fully saturated rings. The molecule has 0 bridgehead atoms. The second-order valence-electron chi connectivity index (χ2n) is 6.26. The molecule has 1 amide bonds. The van der Waals surface area contributed by atoms with Crippen LogP contribution in [0.2, 0.25) is 0 Å². The fourth-order valence-electron chi connectivity index (χ4n) is 2.27. The van der Waals surface area contributed by atoms with Crippen LogP contribution in [0.25, 0.3) is 10.1 Å². The lowest BCUT2D eigenvalue weighted by molar-refractivity contribution is -0.125. The third-order valence-electron chi connectivity index (χ3n) is 4.21. The van der Waals surface area contributed by atoms with Gasteiger partial charge in [-0.2, -0.15) is 5.26 Å². The molecule has 0 saturated heterocycles. The maximum Gasteiger partial charge on any atom is 0.349 e. The first-order valence-electron chi connectivity index (χ1n) is 7.76. The molecule has 1 aromatic carbocycles. The van der Waals surface area contributed by atoms with Gasteiger partial charge >= 0.3 is 5.97 Å². The summed E-state index contributed by atoms with van der Waals surface area (Å²) in [5.41, 5.74) is -0.548. The molecule has 1 aromatic heterocycles. The summed E-state index contributed by atoms with van der Waals surface area (Å²) in [7, 11) is 0. The lowest BCUT2D eigenvalue weighted by Crippen LogP contribution is -2.50. The quantitative estimate of drug-likeness (QED) is 0.825. The van der Waals surface area contributed by atoms with E-state index in [4.69, 9.17) is 4.74 Å². The van der Waals surface area contributed by atoms with Crippen LogP contribution in [0.15, 0.2) is 18.2 Å². The molecule has 0 aliphatic rings. The highest BCUT2D eigenvalue weighted by molar-refractivity contribution is 7.21. The summed E-state index contributed by atoms with van der Waals surface area (Å²) in [4.78, 5) is 24.5. The Hall–Kier alpha value is -2.46. The summed E-state index contributed by atoms with van der Waals surface area (Å²) < 4.78 is 19.6. The van der Waals surface area contributed by atoms with Crippen molar-refractivity contribution in [2.75, 3.05) is 6.61 Å². The van der Waals surface area contributed by atoms with Gasteiger partial charge in [0.25, 0.3) is 5.91 Å². The zero-order valence-electron chi connectivity index (χ0n) is 14.5. The Morgan fingerprint density at radius 2 is 2.12 bits per heavy atom. The fraction of sp³-hybridized carbons (Fsp3) is 0.389. The van der Waals surface area contributed by atoms with Crippen molar-refractivity contribution in [2.45, 2.75) is 33.2 Å². The number of nitriles is 1. The van der Waals surface area contributed by atoms with E-state index < -0.39 is 29.8 Å². The van der Waals surface area contributed by atoms with Crippen LogP contribution in [0.5, 0.6) is 0 Å². The predicted octanol–water partition coefficient (Wildman–Crippen LogP) is 3.56. The number of amides is 1. The van der Waals surface area contributed by atoms with Gasteiger partial charge in [0.05, 0.1) is 6.07 Å². The molecule has 1 heterocycles. The second kappa shape index (κ2) is 7.19. The van der Waals surface area contributed by atoms with Gasteiger partial charge in [-0.15, -0.1) is 11.3 Å². The van der Waals surface area contributed by atoms with Crippen LogP contribution in [0.4, 0.5) is 4.39 Å². The van der Waals surface area contributed by atoms with Gasteiger partial charge in [0.15, 0.2) is 6.61 Å². The molecular weight excluding hydrogens is 343 g/mol. The number of rotatable bonds is 5. The van der Waals surface area contributed by atoms with Crippen LogP contribution in [0.3, 0.4) is 0 Å². The van der Waals surface area contributed by atoms with Crippen LogP contribution < -0.4 is 5.32 Å². The van der Waals surface area contributed by atoms with E-state index in [2.05, 4.69) is 5.32 Å². The van der Waals surface area contributed by atoms with Crippen LogP contribution in [-0.4, -0.2) is 24.0 Å². The van der Waals surface area contributed by atoms with E-state index in [0.29, 0.717) is 15.6 Å². The highest BCUT2D eigenvalue weighted by Crippen LogP contribution is 2.32. The maximum atomic E-state index is 13.9. The molecule has 5 nitrogen and oxygen atoms in total. The summed E-state index contributed by atoms with van der Waals surface area (Å²) >= 11 is 1.12. The van der Waals surface area contributed by atoms with Crippen LogP contribution in [0.1, 0.15) is 36.0 Å². The summed E-state index contributed by atoms with van der Waals surface area (Å²) in [5.74, 6) is -1.75. The minimum atomic E-state index is -1.04. The maximum absolute atomic E-state index is 13.9. The number of aryl methyl sites for hydroxylation is 1. The van der Waals surface area contributed by atoms with Gasteiger partial charge in [-0.1, -0.05) is 19.9 Å². The number of thiophene rings is 1. The van der Waals surface area contributed by atoms with Crippen LogP contribution in [-0.2, 0) is 9.53 Å². The first-order chi connectivity index (χ1) is 11.7. The number of hydrogen-bond acceptors (Lipinski definition) is 5. The number of nitrogens with one attached hydrogen (secondary N) is 1. The number of carbonyl (C=O) groups excluding carboxylic acids is 2. The Balaban J connectivity index is 2.09. The molecule has 0 saturated carbocycles. The molecule has 1 N–H and O–H groups in total. The molecule has 0 aliphatic heterocycles. The highest BCUT2D eigenvalue weighted by atomic mass is 32.1. The second-order valence-corrected chi connectivity index (χ2v) is 7.31. The molecule has 7 heteroatoms. The van der Waals surface area contributed by atoms with E-state index in [0.717, 1.165) is 11.3 Å². The first kappa shape index (κ1) is 18.9. The van der Waals surface area contributed by atoms with Crippen LogP contribution >= 0.6 is 11.3 Å². The Labute approximate surface area is 149 Å². The standard InChI is InChI=1S/C18H19FN2O3S/c1-10(2)18(4,9-20)21-14(22)8-24-17(23)16-11(3)15-12(19)6-5-7-13(15)25-16/h5-7,10H,8H2,1-4H3,(H,21,22)/t18-/m0/s1. The van der Waals surface area contributed by atoms with Crippen molar-refractivity contribution in [3.05, 3.63) is 34.5 Å². The van der Waals surface area contributed by atoms with Crippen molar-refractivity contribution in [3.8, 4) is 6.07 Å². The lowest BCUT2D eigenvalue weighted by atomic mass is 9.90. The Bertz CT molecular complexity index is 869. The third kappa shape index (κ3) is 3.80. The van der Waals surface area contributed by atoms with Gasteiger partial charge in [0.2, 0.25) is 0 Å². The zero-order chi connectivity index (χ0) is 18.8. The van der Waals surface area contributed by atoms with E-state index in [1.54, 1.807) is 26.0 Å². The third-order valence-corrected chi connectivity index (χ3v) is 5.45. The average Bonchev–Trinajstić information content (AvgIpc) is 2.90. The van der Waals surface area contributed by atoms with Gasteiger partial charge in [-0.25, -0.2) is 9.18 Å². The number of benzene rings is 1. The molecular formula is C18H19FN2O3S. The molecule has 132 valence electrons. The van der Waals surface area contributed by atoms with E-state index in [-0.39, 0.29) is 10.8 Å². The molecule has 25 heavy (non-hydrogen) atoms. The summed E-state index contributed by atoms with van der Waals surface area (Å²) in [6, 6.07) is 6.68. The highest BCUT2D eigenvalue weighted by Gasteiger charge is 2.30. The number of ether oxygens (including phenoxy) is 1. The van der Waals surface area contributed by atoms with Crippen molar-refractivity contribution < 1.29 is 18.7 Å². The zero-order valence-corrected chi connectivity index (χ0v) is 15.3. The van der Waals surface area contributed by atoms with Crippen molar-refractivity contribution in [1.29, 1.82) is 5.26 Å². The Morgan fingerprint density at radius 1 is 1.44 bits per heavy atom. The number of nitrogens with zero attached hydrogens (tertiary/aromatic N) is 1. The largest absolute Gasteiger partial charge is 0.451 e. The van der Waals surface area contributed by atoms with Crippen LogP contribution in [0, 0.1) is 30.0 Å². The minimum Gasteiger partial charge on any atom is -0.451 e. The molecule has 0 unspecified atom stereocenters. The summed E-state index contributed by atoms with van der Waals surface area (Å²) in [5, 5.41) is 12.2. The monoisotopic (exact) mass is 362 g/mol. The van der Waals surface area contributed by atoms with Gasteiger partial charge < -0.3 is 10.1 Å². The van der Waals surface area contributed by atoms with Crippen molar-refractivity contribution in [2.24, 2.45) is 5.92 Å². The summed E-state index contributed by atoms with van der Waals surface area (Å²) in [6.07, 6.45) is 0. The predicted molar refractivity (Wildman–Crippen MR) is 93.8 cm³/mol. The topological polar surface area (TPSA) is 79.2 Å². The molecule has 0 radical (unpaired) electrons. The number of esters is 1. The first-order valence-corrected chi connectivity index (χ1v) is 8.58. The average molecular weight is 362 g/mol. The fourth-order valence-corrected chi connectivity index (χ4v) is 3.39. The van der Waals surface area contributed by atoms with E-state index >= 15 is 0 Å². The van der Waals surface area contributed by atoms with E-state index in [1.165, 1.54) is 6.07 Å². The Morgan fingerprint density at radius 3 is 2.68 bits per heavy atom. The van der Waals surface area contributed by atoms with Gasteiger partial charge in [0.1, 0.15) is 16.2 Å². The molecule has 0 aliphatic carbocycles. The summed E-state index contributed by atoms with van der Waals surface area (Å²) in [6.45, 7) is 6.37.